The van der Waals surface area contributed by atoms with E-state index in [2.05, 4.69) is 10.0 Å². The highest BCUT2D eigenvalue weighted by atomic mass is 32.2. The van der Waals surface area contributed by atoms with Crippen molar-refractivity contribution in [3.8, 4) is 0 Å². The predicted octanol–water partition coefficient (Wildman–Crippen LogP) is -0.183. The van der Waals surface area contributed by atoms with Crippen LogP contribution in [0.1, 0.15) is 33.1 Å². The van der Waals surface area contributed by atoms with E-state index in [1.807, 2.05) is 13.8 Å². The second-order valence-electron chi connectivity index (χ2n) is 5.24. The highest BCUT2D eigenvalue weighted by Crippen LogP contribution is 2.19. The van der Waals surface area contributed by atoms with Gasteiger partial charge in [-0.15, -0.1) is 0 Å². The van der Waals surface area contributed by atoms with Crippen molar-refractivity contribution >= 4 is 10.0 Å². The third kappa shape index (κ3) is 4.78. The zero-order chi connectivity index (χ0) is 12.4. The first kappa shape index (κ1) is 13.9. The summed E-state index contributed by atoms with van der Waals surface area (Å²) in [6, 6.07) is 0.0978. The topological polar surface area (TPSA) is 78.4 Å². The van der Waals surface area contributed by atoms with Gasteiger partial charge in [0, 0.05) is 18.1 Å². The lowest BCUT2D eigenvalue weighted by Gasteiger charge is -2.28. The Balaban J connectivity index is 2.41. The summed E-state index contributed by atoms with van der Waals surface area (Å²) in [6.45, 7) is 4.16. The monoisotopic (exact) mass is 250 g/mol. The molecule has 0 saturated heterocycles. The Labute approximate surface area is 97.7 Å². The average Bonchev–Trinajstić information content (AvgIpc) is 2.43. The van der Waals surface area contributed by atoms with E-state index in [4.69, 9.17) is 0 Å². The number of aliphatic hydroxyl groups excluding tert-OH is 1. The van der Waals surface area contributed by atoms with E-state index in [9.17, 15) is 13.5 Å². The molecule has 0 aromatic heterocycles. The van der Waals surface area contributed by atoms with Gasteiger partial charge < -0.3 is 10.4 Å². The number of aliphatic hydroxyl groups is 1. The van der Waals surface area contributed by atoms with Crippen LogP contribution in [0, 0.1) is 0 Å². The van der Waals surface area contributed by atoms with Gasteiger partial charge in [0.25, 0.3) is 0 Å². The first-order chi connectivity index (χ1) is 7.20. The van der Waals surface area contributed by atoms with Crippen LogP contribution in [-0.4, -0.2) is 44.0 Å². The summed E-state index contributed by atoms with van der Waals surface area (Å²) in [5.74, 6) is 0. The van der Waals surface area contributed by atoms with Crippen molar-refractivity contribution in [1.82, 2.24) is 10.0 Å². The van der Waals surface area contributed by atoms with Gasteiger partial charge in [-0.3, -0.25) is 0 Å². The Morgan fingerprint density at radius 3 is 2.44 bits per heavy atom. The fraction of sp³-hybridized carbons (Fsp3) is 1.00. The Bertz CT molecular complexity index is 327. The summed E-state index contributed by atoms with van der Waals surface area (Å²) in [5.41, 5.74) is -0.532. The first-order valence-corrected chi connectivity index (χ1v) is 7.49. The SMILES string of the molecule is CC(C)(CN[C@@H]1CCC[C@H]1O)NS(C)(=O)=O. The molecule has 0 spiro atoms. The summed E-state index contributed by atoms with van der Waals surface area (Å²) >= 11 is 0. The molecular weight excluding hydrogens is 228 g/mol. The maximum absolute atomic E-state index is 11.1. The molecule has 0 radical (unpaired) electrons. The largest absolute Gasteiger partial charge is 0.392 e. The number of hydrogen-bond donors (Lipinski definition) is 3. The summed E-state index contributed by atoms with van der Waals surface area (Å²) in [5, 5.41) is 12.8. The molecule has 1 rings (SSSR count). The van der Waals surface area contributed by atoms with Crippen molar-refractivity contribution in [3.63, 3.8) is 0 Å². The molecule has 0 amide bonds. The minimum atomic E-state index is -3.19. The van der Waals surface area contributed by atoms with Crippen LogP contribution in [0.15, 0.2) is 0 Å². The lowest BCUT2D eigenvalue weighted by Crippen LogP contribution is -2.52. The van der Waals surface area contributed by atoms with Crippen molar-refractivity contribution in [3.05, 3.63) is 0 Å². The molecule has 0 unspecified atom stereocenters. The van der Waals surface area contributed by atoms with E-state index in [1.54, 1.807) is 0 Å². The average molecular weight is 250 g/mol. The van der Waals surface area contributed by atoms with Crippen LogP contribution in [0.5, 0.6) is 0 Å². The molecule has 1 saturated carbocycles. The minimum Gasteiger partial charge on any atom is -0.392 e. The highest BCUT2D eigenvalue weighted by Gasteiger charge is 2.28. The van der Waals surface area contributed by atoms with E-state index in [-0.39, 0.29) is 12.1 Å². The molecule has 6 heteroatoms. The summed E-state index contributed by atoms with van der Waals surface area (Å²) in [7, 11) is -3.19. The zero-order valence-corrected chi connectivity index (χ0v) is 11.0. The summed E-state index contributed by atoms with van der Waals surface area (Å²) in [4.78, 5) is 0. The molecule has 2 atom stereocenters. The second kappa shape index (κ2) is 5.00. The van der Waals surface area contributed by atoms with Gasteiger partial charge in [-0.2, -0.15) is 0 Å². The Morgan fingerprint density at radius 1 is 1.38 bits per heavy atom. The third-order valence-electron chi connectivity index (χ3n) is 2.75. The lowest BCUT2D eigenvalue weighted by atomic mass is 10.1. The highest BCUT2D eigenvalue weighted by molar-refractivity contribution is 7.88. The lowest BCUT2D eigenvalue weighted by molar-refractivity contribution is 0.146. The Morgan fingerprint density at radius 2 is 2.00 bits per heavy atom. The van der Waals surface area contributed by atoms with Crippen LogP contribution >= 0.6 is 0 Å². The molecule has 16 heavy (non-hydrogen) atoms. The van der Waals surface area contributed by atoms with Crippen molar-refractivity contribution in [1.29, 1.82) is 0 Å². The van der Waals surface area contributed by atoms with E-state index in [1.165, 1.54) is 0 Å². The van der Waals surface area contributed by atoms with Gasteiger partial charge in [0.05, 0.1) is 12.4 Å². The fourth-order valence-electron chi connectivity index (χ4n) is 2.10. The van der Waals surface area contributed by atoms with Gasteiger partial charge in [0.2, 0.25) is 10.0 Å². The minimum absolute atomic E-state index is 0.0978. The normalized spacial score (nSPS) is 27.2. The van der Waals surface area contributed by atoms with Gasteiger partial charge in [-0.25, -0.2) is 13.1 Å². The van der Waals surface area contributed by atoms with Gasteiger partial charge >= 0.3 is 0 Å². The molecule has 0 aliphatic heterocycles. The molecule has 3 N–H and O–H groups in total. The zero-order valence-electron chi connectivity index (χ0n) is 10.2. The first-order valence-electron chi connectivity index (χ1n) is 5.60. The van der Waals surface area contributed by atoms with Gasteiger partial charge in [0.1, 0.15) is 0 Å². The Hall–Kier alpha value is -0.170. The van der Waals surface area contributed by atoms with E-state index in [0.717, 1.165) is 25.5 Å². The van der Waals surface area contributed by atoms with Crippen LogP contribution in [0.25, 0.3) is 0 Å². The molecule has 1 fully saturated rings. The molecular formula is C10H22N2O3S. The van der Waals surface area contributed by atoms with E-state index < -0.39 is 15.6 Å². The maximum Gasteiger partial charge on any atom is 0.209 e. The number of hydrogen-bond acceptors (Lipinski definition) is 4. The van der Waals surface area contributed by atoms with Crippen LogP contribution in [0.4, 0.5) is 0 Å². The molecule has 0 aromatic rings. The molecule has 96 valence electrons. The fourth-order valence-corrected chi connectivity index (χ4v) is 3.18. The van der Waals surface area contributed by atoms with E-state index in [0.29, 0.717) is 6.54 Å². The van der Waals surface area contributed by atoms with Crippen molar-refractivity contribution in [2.75, 3.05) is 12.8 Å². The molecule has 1 aliphatic rings. The molecule has 5 nitrogen and oxygen atoms in total. The molecule has 0 bridgehead atoms. The van der Waals surface area contributed by atoms with Crippen LogP contribution in [0.2, 0.25) is 0 Å². The van der Waals surface area contributed by atoms with Gasteiger partial charge in [-0.1, -0.05) is 0 Å². The maximum atomic E-state index is 11.1. The quantitative estimate of drug-likeness (QED) is 0.632. The standard InChI is InChI=1S/C10H22N2O3S/c1-10(2,12-16(3,14)15)7-11-8-5-4-6-9(8)13/h8-9,11-13H,4-7H2,1-3H3/t8-,9-/m1/s1. The van der Waals surface area contributed by atoms with Crippen molar-refractivity contribution in [2.24, 2.45) is 0 Å². The molecule has 0 heterocycles. The molecule has 1 aliphatic carbocycles. The van der Waals surface area contributed by atoms with Crippen molar-refractivity contribution < 1.29 is 13.5 Å². The number of nitrogens with one attached hydrogen (secondary N) is 2. The van der Waals surface area contributed by atoms with Crippen molar-refractivity contribution in [2.45, 2.75) is 50.8 Å². The summed E-state index contributed by atoms with van der Waals surface area (Å²) < 4.78 is 24.8. The van der Waals surface area contributed by atoms with Crippen LogP contribution in [0.3, 0.4) is 0 Å². The Kier molecular flexibility index (Phi) is 4.34. The predicted molar refractivity (Wildman–Crippen MR) is 63.7 cm³/mol. The number of rotatable bonds is 5. The number of sulfonamides is 1. The van der Waals surface area contributed by atoms with Crippen LogP contribution < -0.4 is 10.0 Å². The summed E-state index contributed by atoms with van der Waals surface area (Å²) in [6.07, 6.45) is 3.67. The van der Waals surface area contributed by atoms with Gasteiger partial charge in [0.15, 0.2) is 0 Å². The molecule has 0 aromatic carbocycles. The van der Waals surface area contributed by atoms with Crippen LogP contribution in [-0.2, 0) is 10.0 Å². The van der Waals surface area contributed by atoms with E-state index >= 15 is 0 Å². The second-order valence-corrected chi connectivity index (χ2v) is 6.99. The third-order valence-corrected chi connectivity index (χ3v) is 3.67. The smallest absolute Gasteiger partial charge is 0.209 e. The van der Waals surface area contributed by atoms with Gasteiger partial charge in [-0.05, 0) is 33.1 Å².